The molecule has 0 saturated heterocycles. The van der Waals surface area contributed by atoms with E-state index >= 15 is 0 Å². The van der Waals surface area contributed by atoms with E-state index in [2.05, 4.69) is 17.2 Å². The molecular weight excluding hydrogens is 308 g/mol. The summed E-state index contributed by atoms with van der Waals surface area (Å²) in [5, 5.41) is 4.46. The molecule has 130 valence electrons. The molecule has 1 aromatic rings. The summed E-state index contributed by atoms with van der Waals surface area (Å²) in [6.07, 6.45) is 1.48. The third-order valence-electron chi connectivity index (χ3n) is 4.20. The Bertz CT molecular complexity index is 664. The van der Waals surface area contributed by atoms with E-state index in [1.165, 1.54) is 6.08 Å². The van der Waals surface area contributed by atoms with Gasteiger partial charge in [-0.05, 0) is 62.4 Å². The topological polar surface area (TPSA) is 84.5 Å². The summed E-state index contributed by atoms with van der Waals surface area (Å²) in [4.78, 5) is 35.3. The van der Waals surface area contributed by atoms with E-state index in [-0.39, 0.29) is 6.54 Å². The minimum absolute atomic E-state index is 0.235. The Balaban J connectivity index is 2.78. The van der Waals surface area contributed by atoms with Gasteiger partial charge in [-0.15, -0.1) is 6.58 Å². The molecule has 0 fully saturated rings. The highest BCUT2D eigenvalue weighted by atomic mass is 16.5. The van der Waals surface area contributed by atoms with Crippen molar-refractivity contribution >= 4 is 17.9 Å². The first-order valence-electron chi connectivity index (χ1n) is 7.63. The fourth-order valence-electron chi connectivity index (χ4n) is 2.38. The third kappa shape index (κ3) is 4.44. The summed E-state index contributed by atoms with van der Waals surface area (Å²) in [6, 6.07) is -0.662. The lowest BCUT2D eigenvalue weighted by Crippen LogP contribution is -2.41. The Labute approximate surface area is 142 Å². The van der Waals surface area contributed by atoms with Gasteiger partial charge in [-0.3, -0.25) is 10.1 Å². The zero-order chi connectivity index (χ0) is 18.4. The lowest BCUT2D eigenvalue weighted by atomic mass is 9.90. The number of hydrogen-bond acceptors (Lipinski definition) is 4. The fraction of sp³-hybridized carbons (Fsp3) is 0.389. The average Bonchev–Trinajstić information content (AvgIpc) is 2.54. The molecular formula is C18H24N2O4. The van der Waals surface area contributed by atoms with E-state index < -0.39 is 24.5 Å². The predicted molar refractivity (Wildman–Crippen MR) is 92.1 cm³/mol. The zero-order valence-electron chi connectivity index (χ0n) is 14.8. The van der Waals surface area contributed by atoms with Gasteiger partial charge in [0.05, 0.1) is 5.56 Å². The van der Waals surface area contributed by atoms with Crippen LogP contribution in [0.25, 0.3) is 0 Å². The Morgan fingerprint density at radius 2 is 1.46 bits per heavy atom. The number of benzene rings is 1. The standard InChI is InChI=1S/C18H24N2O4/c1-7-8-19-18(23)20-15(21)9-24-17(22)16-13(5)11(3)10(2)12(4)14(16)6/h7H,1,8-9H2,2-6H3,(H2,19,20,21,23). The molecule has 0 aromatic heterocycles. The maximum atomic E-state index is 12.3. The van der Waals surface area contributed by atoms with Crippen LogP contribution in [0.5, 0.6) is 0 Å². The average molecular weight is 332 g/mol. The van der Waals surface area contributed by atoms with Crippen molar-refractivity contribution in [3.05, 3.63) is 46.0 Å². The van der Waals surface area contributed by atoms with Crippen LogP contribution in [0.3, 0.4) is 0 Å². The largest absolute Gasteiger partial charge is 0.452 e. The normalized spacial score (nSPS) is 10.0. The Morgan fingerprint density at radius 3 is 1.96 bits per heavy atom. The van der Waals surface area contributed by atoms with Crippen LogP contribution >= 0.6 is 0 Å². The maximum absolute atomic E-state index is 12.3. The van der Waals surface area contributed by atoms with Gasteiger partial charge >= 0.3 is 12.0 Å². The Kier molecular flexibility index (Phi) is 6.70. The molecule has 24 heavy (non-hydrogen) atoms. The molecule has 0 saturated carbocycles. The molecule has 6 nitrogen and oxygen atoms in total. The smallest absolute Gasteiger partial charge is 0.339 e. The van der Waals surface area contributed by atoms with Gasteiger partial charge in [-0.25, -0.2) is 9.59 Å². The van der Waals surface area contributed by atoms with Crippen LogP contribution in [0.15, 0.2) is 12.7 Å². The number of amides is 3. The summed E-state index contributed by atoms with van der Waals surface area (Å²) < 4.78 is 5.06. The van der Waals surface area contributed by atoms with Gasteiger partial charge in [0, 0.05) is 6.54 Å². The highest BCUT2D eigenvalue weighted by Gasteiger charge is 2.20. The van der Waals surface area contributed by atoms with Gasteiger partial charge in [0.1, 0.15) is 0 Å². The third-order valence-corrected chi connectivity index (χ3v) is 4.20. The molecule has 6 heteroatoms. The van der Waals surface area contributed by atoms with E-state index in [0.717, 1.165) is 27.8 Å². The van der Waals surface area contributed by atoms with Crippen molar-refractivity contribution < 1.29 is 19.1 Å². The monoisotopic (exact) mass is 332 g/mol. The number of ether oxygens (including phenoxy) is 1. The van der Waals surface area contributed by atoms with E-state index in [0.29, 0.717) is 5.56 Å². The maximum Gasteiger partial charge on any atom is 0.339 e. The summed E-state index contributed by atoms with van der Waals surface area (Å²) >= 11 is 0. The first-order valence-corrected chi connectivity index (χ1v) is 7.63. The first-order chi connectivity index (χ1) is 11.2. The minimum Gasteiger partial charge on any atom is -0.452 e. The van der Waals surface area contributed by atoms with Crippen LogP contribution in [0.1, 0.15) is 38.2 Å². The van der Waals surface area contributed by atoms with Gasteiger partial charge < -0.3 is 10.1 Å². The van der Waals surface area contributed by atoms with Gasteiger partial charge in [-0.2, -0.15) is 0 Å². The van der Waals surface area contributed by atoms with Crippen LogP contribution in [-0.4, -0.2) is 31.1 Å². The molecule has 0 radical (unpaired) electrons. The van der Waals surface area contributed by atoms with Gasteiger partial charge in [0.15, 0.2) is 6.61 Å². The predicted octanol–water partition coefficient (Wildman–Crippen LogP) is 2.40. The van der Waals surface area contributed by atoms with Crippen molar-refractivity contribution in [1.82, 2.24) is 10.6 Å². The second kappa shape index (κ2) is 8.29. The number of rotatable bonds is 5. The molecule has 0 aliphatic heterocycles. The molecule has 1 rings (SSSR count). The van der Waals surface area contributed by atoms with Crippen molar-refractivity contribution in [3.8, 4) is 0 Å². The Morgan fingerprint density at radius 1 is 0.958 bits per heavy atom. The summed E-state index contributed by atoms with van der Waals surface area (Å²) in [6.45, 7) is 12.8. The number of carbonyl (C=O) groups is 3. The molecule has 3 amide bonds. The van der Waals surface area contributed by atoms with Crippen molar-refractivity contribution in [2.45, 2.75) is 34.6 Å². The zero-order valence-corrected chi connectivity index (χ0v) is 14.8. The van der Waals surface area contributed by atoms with E-state index in [9.17, 15) is 14.4 Å². The second-order valence-electron chi connectivity index (χ2n) is 5.62. The number of carbonyl (C=O) groups excluding carboxylic acids is 3. The molecule has 0 aliphatic carbocycles. The quantitative estimate of drug-likeness (QED) is 0.640. The lowest BCUT2D eigenvalue weighted by Gasteiger charge is -2.17. The van der Waals surface area contributed by atoms with Crippen LogP contribution in [0, 0.1) is 34.6 Å². The molecule has 2 N–H and O–H groups in total. The minimum atomic E-state index is -0.694. The van der Waals surface area contributed by atoms with Crippen molar-refractivity contribution in [1.29, 1.82) is 0 Å². The van der Waals surface area contributed by atoms with E-state index in [1.54, 1.807) is 0 Å². The number of imide groups is 1. The fourth-order valence-corrected chi connectivity index (χ4v) is 2.38. The van der Waals surface area contributed by atoms with Crippen LogP contribution < -0.4 is 10.6 Å². The van der Waals surface area contributed by atoms with Crippen LogP contribution in [0.2, 0.25) is 0 Å². The second-order valence-corrected chi connectivity index (χ2v) is 5.62. The van der Waals surface area contributed by atoms with E-state index in [4.69, 9.17) is 4.74 Å². The number of esters is 1. The van der Waals surface area contributed by atoms with Gasteiger partial charge in [0.2, 0.25) is 0 Å². The first kappa shape index (κ1) is 19.4. The molecule has 0 aliphatic rings. The lowest BCUT2D eigenvalue weighted by molar-refractivity contribution is -0.123. The number of hydrogen-bond donors (Lipinski definition) is 2. The highest BCUT2D eigenvalue weighted by molar-refractivity contribution is 5.98. The molecule has 0 bridgehead atoms. The highest BCUT2D eigenvalue weighted by Crippen LogP contribution is 2.26. The van der Waals surface area contributed by atoms with Crippen molar-refractivity contribution in [2.75, 3.05) is 13.2 Å². The summed E-state index contributed by atoms with van der Waals surface area (Å²) in [5.41, 5.74) is 5.34. The van der Waals surface area contributed by atoms with Crippen molar-refractivity contribution in [3.63, 3.8) is 0 Å². The Hall–Kier alpha value is -2.63. The summed E-state index contributed by atoms with van der Waals surface area (Å²) in [7, 11) is 0. The number of nitrogens with one attached hydrogen (secondary N) is 2. The summed E-state index contributed by atoms with van der Waals surface area (Å²) in [5.74, 6) is -1.27. The van der Waals surface area contributed by atoms with Crippen molar-refractivity contribution in [2.24, 2.45) is 0 Å². The molecule has 0 atom stereocenters. The SMILES string of the molecule is C=CCNC(=O)NC(=O)COC(=O)c1c(C)c(C)c(C)c(C)c1C. The van der Waals surface area contributed by atoms with E-state index in [1.807, 2.05) is 34.6 Å². The van der Waals surface area contributed by atoms with Crippen LogP contribution in [0.4, 0.5) is 4.79 Å². The molecule has 0 spiro atoms. The van der Waals surface area contributed by atoms with Crippen LogP contribution in [-0.2, 0) is 9.53 Å². The van der Waals surface area contributed by atoms with Gasteiger partial charge in [-0.1, -0.05) is 6.08 Å². The van der Waals surface area contributed by atoms with Gasteiger partial charge in [0.25, 0.3) is 5.91 Å². The number of urea groups is 1. The molecule has 1 aromatic carbocycles. The molecule has 0 heterocycles. The molecule has 0 unspecified atom stereocenters.